The molecule has 0 radical (unpaired) electrons. The highest BCUT2D eigenvalue weighted by molar-refractivity contribution is 7.94. The summed E-state index contributed by atoms with van der Waals surface area (Å²) >= 11 is 0. The van der Waals surface area contributed by atoms with Crippen LogP contribution >= 0.6 is 0 Å². The van der Waals surface area contributed by atoms with E-state index in [9.17, 15) is 17.6 Å². The topological polar surface area (TPSA) is 69.7 Å². The van der Waals surface area contributed by atoms with E-state index in [0.29, 0.717) is 5.69 Å². The third-order valence-corrected chi connectivity index (χ3v) is 5.17. The van der Waals surface area contributed by atoms with Crippen LogP contribution in [-0.2, 0) is 15.0 Å². The Morgan fingerprint density at radius 3 is 2.75 bits per heavy atom. The predicted octanol–water partition coefficient (Wildman–Crippen LogP) is 0.605. The number of halogens is 1. The van der Waals surface area contributed by atoms with Crippen LogP contribution in [0.4, 0.5) is 15.8 Å². The molecule has 1 N–H and O–H groups in total. The minimum absolute atomic E-state index is 0.150. The molecule has 0 atom stereocenters. The first-order valence-electron chi connectivity index (χ1n) is 6.25. The first-order valence-corrected chi connectivity index (χ1v) is 7.65. The van der Waals surface area contributed by atoms with E-state index in [0.717, 1.165) is 27.5 Å². The number of carbonyl (C=O) groups excluding carboxylic acids is 1. The van der Waals surface area contributed by atoms with E-state index in [1.807, 2.05) is 0 Å². The number of anilines is 2. The van der Waals surface area contributed by atoms with Gasteiger partial charge in [-0.15, -0.1) is 0 Å². The van der Waals surface area contributed by atoms with Gasteiger partial charge < -0.3 is 5.32 Å². The minimum Gasteiger partial charge on any atom is -0.352 e. The molecule has 1 aliphatic heterocycles. The lowest BCUT2D eigenvalue weighted by atomic mass is 10.2. The summed E-state index contributed by atoms with van der Waals surface area (Å²) in [6.45, 7) is -0.334. The zero-order valence-corrected chi connectivity index (χ0v) is 11.7. The average molecular weight is 299 g/mol. The number of nitrogens with zero attached hydrogens (tertiary/aromatic N) is 2. The fourth-order valence-electron chi connectivity index (χ4n) is 2.16. The summed E-state index contributed by atoms with van der Waals surface area (Å²) < 4.78 is 39.8. The maximum absolute atomic E-state index is 13.3. The Balaban J connectivity index is 1.92. The van der Waals surface area contributed by atoms with Crippen LogP contribution in [0.1, 0.15) is 12.8 Å². The van der Waals surface area contributed by atoms with Crippen LogP contribution in [-0.4, -0.2) is 34.0 Å². The van der Waals surface area contributed by atoms with E-state index < -0.39 is 16.0 Å². The van der Waals surface area contributed by atoms with Crippen molar-refractivity contribution in [3.05, 3.63) is 24.0 Å². The number of rotatable bonds is 3. The minimum atomic E-state index is -3.81. The Morgan fingerprint density at radius 2 is 2.10 bits per heavy atom. The van der Waals surface area contributed by atoms with Crippen molar-refractivity contribution in [3.8, 4) is 0 Å². The normalized spacial score (nSPS) is 19.9. The number of hydrogen-bond donors (Lipinski definition) is 1. The maximum atomic E-state index is 13.3. The summed E-state index contributed by atoms with van der Waals surface area (Å²) in [6.07, 6.45) is 1.84. The molecule has 8 heteroatoms. The zero-order chi connectivity index (χ0) is 14.5. The molecule has 6 nitrogen and oxygen atoms in total. The monoisotopic (exact) mass is 299 g/mol. The van der Waals surface area contributed by atoms with Gasteiger partial charge in [0.25, 0.3) is 0 Å². The quantitative estimate of drug-likeness (QED) is 0.889. The molecule has 1 aromatic carbocycles. The van der Waals surface area contributed by atoms with Gasteiger partial charge in [-0.1, -0.05) is 0 Å². The Hall–Kier alpha value is -1.83. The predicted molar refractivity (Wildman–Crippen MR) is 72.2 cm³/mol. The van der Waals surface area contributed by atoms with Crippen molar-refractivity contribution in [3.63, 3.8) is 0 Å². The van der Waals surface area contributed by atoms with E-state index in [1.165, 1.54) is 19.2 Å². The average Bonchev–Trinajstić information content (AvgIpc) is 3.15. The third kappa shape index (κ3) is 2.09. The van der Waals surface area contributed by atoms with Gasteiger partial charge in [0, 0.05) is 19.2 Å². The van der Waals surface area contributed by atoms with Crippen LogP contribution in [0.5, 0.6) is 0 Å². The Bertz CT molecular complexity index is 673. The Kier molecular flexibility index (Phi) is 2.86. The molecule has 108 valence electrons. The molecule has 1 amide bonds. The van der Waals surface area contributed by atoms with Crippen LogP contribution in [0, 0.1) is 5.82 Å². The van der Waals surface area contributed by atoms with Gasteiger partial charge in [-0.3, -0.25) is 9.10 Å². The Labute approximate surface area is 116 Å². The molecular formula is C12H14FN3O3S. The molecule has 1 aliphatic carbocycles. The van der Waals surface area contributed by atoms with E-state index in [-0.39, 0.29) is 24.2 Å². The number of amides is 1. The SMILES string of the molecule is CN1c2ccc(F)cc2N(CC(=O)NC2CC2)S1(=O)=O. The molecule has 1 aromatic rings. The molecular weight excluding hydrogens is 285 g/mol. The molecule has 1 fully saturated rings. The fourth-order valence-corrected chi connectivity index (χ4v) is 3.53. The molecule has 0 aromatic heterocycles. The van der Waals surface area contributed by atoms with Crippen molar-refractivity contribution in [2.75, 3.05) is 22.2 Å². The van der Waals surface area contributed by atoms with Crippen molar-refractivity contribution in [2.24, 2.45) is 0 Å². The second-order valence-electron chi connectivity index (χ2n) is 4.96. The summed E-state index contributed by atoms with van der Waals surface area (Å²) in [5.74, 6) is -0.913. The van der Waals surface area contributed by atoms with Crippen LogP contribution in [0.2, 0.25) is 0 Å². The van der Waals surface area contributed by atoms with Gasteiger partial charge in [0.1, 0.15) is 12.4 Å². The van der Waals surface area contributed by atoms with Gasteiger partial charge in [-0.2, -0.15) is 8.42 Å². The van der Waals surface area contributed by atoms with Crippen molar-refractivity contribution in [1.29, 1.82) is 0 Å². The second kappa shape index (κ2) is 4.34. The van der Waals surface area contributed by atoms with Crippen molar-refractivity contribution < 1.29 is 17.6 Å². The van der Waals surface area contributed by atoms with Gasteiger partial charge in [-0.25, -0.2) is 8.70 Å². The van der Waals surface area contributed by atoms with Crippen molar-refractivity contribution in [2.45, 2.75) is 18.9 Å². The third-order valence-electron chi connectivity index (χ3n) is 3.40. The number of benzene rings is 1. The van der Waals surface area contributed by atoms with Gasteiger partial charge in [0.2, 0.25) is 5.91 Å². The summed E-state index contributed by atoms with van der Waals surface area (Å²) in [4.78, 5) is 11.8. The lowest BCUT2D eigenvalue weighted by Gasteiger charge is -2.18. The molecule has 20 heavy (non-hydrogen) atoms. The second-order valence-corrected chi connectivity index (χ2v) is 6.84. The lowest BCUT2D eigenvalue weighted by molar-refractivity contribution is -0.119. The zero-order valence-electron chi connectivity index (χ0n) is 10.8. The van der Waals surface area contributed by atoms with Crippen molar-refractivity contribution in [1.82, 2.24) is 5.32 Å². The number of hydrogen-bond acceptors (Lipinski definition) is 3. The summed E-state index contributed by atoms with van der Waals surface area (Å²) in [5, 5.41) is 2.72. The maximum Gasteiger partial charge on any atom is 0.326 e. The molecule has 2 aliphatic rings. The Morgan fingerprint density at radius 1 is 1.40 bits per heavy atom. The van der Waals surface area contributed by atoms with Crippen LogP contribution < -0.4 is 13.9 Å². The van der Waals surface area contributed by atoms with E-state index in [2.05, 4.69) is 5.32 Å². The van der Waals surface area contributed by atoms with E-state index in [4.69, 9.17) is 0 Å². The summed E-state index contributed by atoms with van der Waals surface area (Å²) in [7, 11) is -2.43. The smallest absolute Gasteiger partial charge is 0.326 e. The standard InChI is InChI=1S/C12H14FN3O3S/c1-15-10-5-2-8(13)6-11(10)16(20(15,18)19)7-12(17)14-9-3-4-9/h2,5-6,9H,3-4,7H2,1H3,(H,14,17). The number of carbonyl (C=O) groups is 1. The van der Waals surface area contributed by atoms with Crippen LogP contribution in [0.25, 0.3) is 0 Å². The van der Waals surface area contributed by atoms with Gasteiger partial charge in [-0.05, 0) is 25.0 Å². The highest BCUT2D eigenvalue weighted by Gasteiger charge is 2.39. The molecule has 3 rings (SSSR count). The number of nitrogens with one attached hydrogen (secondary N) is 1. The first kappa shape index (κ1) is 13.2. The largest absolute Gasteiger partial charge is 0.352 e. The van der Waals surface area contributed by atoms with E-state index >= 15 is 0 Å². The molecule has 0 unspecified atom stereocenters. The van der Waals surface area contributed by atoms with E-state index in [1.54, 1.807) is 0 Å². The molecule has 0 bridgehead atoms. The molecule has 1 saturated carbocycles. The number of fused-ring (bicyclic) bond motifs is 1. The fraction of sp³-hybridized carbons (Fsp3) is 0.417. The van der Waals surface area contributed by atoms with Gasteiger partial charge in [0.05, 0.1) is 11.4 Å². The lowest BCUT2D eigenvalue weighted by Crippen LogP contribution is -2.43. The van der Waals surface area contributed by atoms with Gasteiger partial charge in [0.15, 0.2) is 0 Å². The highest BCUT2D eigenvalue weighted by Crippen LogP contribution is 2.39. The highest BCUT2D eigenvalue weighted by atomic mass is 32.2. The van der Waals surface area contributed by atoms with Crippen molar-refractivity contribution >= 4 is 27.5 Å². The van der Waals surface area contributed by atoms with Gasteiger partial charge >= 0.3 is 10.2 Å². The summed E-state index contributed by atoms with van der Waals surface area (Å²) in [6, 6.07) is 3.86. The first-order chi connectivity index (χ1) is 9.39. The molecule has 0 spiro atoms. The van der Waals surface area contributed by atoms with Crippen LogP contribution in [0.15, 0.2) is 18.2 Å². The summed E-state index contributed by atoms with van der Waals surface area (Å²) in [5.41, 5.74) is 0.559. The molecule has 1 heterocycles. The van der Waals surface area contributed by atoms with Crippen LogP contribution in [0.3, 0.4) is 0 Å². The molecule has 0 saturated heterocycles.